The molecule has 1 amide bonds. The molecule has 1 aliphatic heterocycles. The molecule has 4 aromatic rings. The monoisotopic (exact) mass is 589 g/mol. The van der Waals surface area contributed by atoms with Crippen LogP contribution in [0.1, 0.15) is 45.6 Å². The van der Waals surface area contributed by atoms with E-state index in [0.717, 1.165) is 51.1 Å². The molecule has 5 rings (SSSR count). The van der Waals surface area contributed by atoms with E-state index in [-0.39, 0.29) is 12.1 Å². The van der Waals surface area contributed by atoms with Crippen molar-refractivity contribution in [2.75, 3.05) is 14.2 Å². The number of halogens is 3. The van der Waals surface area contributed by atoms with Crippen molar-refractivity contribution in [3.05, 3.63) is 112 Å². The lowest BCUT2D eigenvalue weighted by Gasteiger charge is -2.23. The summed E-state index contributed by atoms with van der Waals surface area (Å²) >= 11 is 0. The lowest BCUT2D eigenvalue weighted by Crippen LogP contribution is -2.31. The zero-order chi connectivity index (χ0) is 31.0. The average molecular weight is 590 g/mol. The van der Waals surface area contributed by atoms with E-state index in [1.165, 1.54) is 12.0 Å². The maximum atomic E-state index is 14.0. The van der Waals surface area contributed by atoms with E-state index in [4.69, 9.17) is 14.2 Å². The highest BCUT2D eigenvalue weighted by Crippen LogP contribution is 2.40. The lowest BCUT2D eigenvalue weighted by atomic mass is 9.92. The predicted molar refractivity (Wildman–Crippen MR) is 155 cm³/mol. The molecule has 9 heteroatoms. The average Bonchev–Trinajstić information content (AvgIpc) is 3.27. The van der Waals surface area contributed by atoms with Crippen LogP contribution < -0.4 is 4.74 Å². The maximum absolute atomic E-state index is 14.0. The fourth-order valence-electron chi connectivity index (χ4n) is 5.52. The van der Waals surface area contributed by atoms with Crippen LogP contribution in [0.25, 0.3) is 22.3 Å². The SMILES string of the molecule is COC(=O)c1ccc(-c2ccc(OC)c(-c3ccc(C)cc3CN3C(=O)O[C@H](c4cc(F)c(F)c(F)c4)[C@@H]3C)c2)c(C)c1. The van der Waals surface area contributed by atoms with Crippen molar-refractivity contribution in [1.82, 2.24) is 4.90 Å². The number of carbonyl (C=O) groups excluding carboxylic acids is 2. The number of rotatable bonds is 7. The molecule has 0 spiro atoms. The first-order valence-corrected chi connectivity index (χ1v) is 13.6. The number of methoxy groups -OCH3 is 2. The van der Waals surface area contributed by atoms with Crippen LogP contribution in [-0.4, -0.2) is 37.2 Å². The molecule has 1 saturated heterocycles. The first-order valence-electron chi connectivity index (χ1n) is 13.6. The number of benzene rings is 4. The van der Waals surface area contributed by atoms with Crippen molar-refractivity contribution in [2.45, 2.75) is 39.5 Å². The Morgan fingerprint density at radius 1 is 0.884 bits per heavy atom. The smallest absolute Gasteiger partial charge is 0.411 e. The van der Waals surface area contributed by atoms with Crippen LogP contribution in [0.4, 0.5) is 18.0 Å². The number of nitrogens with zero attached hydrogens (tertiary/aromatic N) is 1. The number of amides is 1. The molecule has 43 heavy (non-hydrogen) atoms. The molecule has 0 radical (unpaired) electrons. The first-order chi connectivity index (χ1) is 20.5. The normalized spacial score (nSPS) is 16.3. The zero-order valence-electron chi connectivity index (χ0n) is 24.3. The van der Waals surface area contributed by atoms with E-state index in [0.29, 0.717) is 11.3 Å². The van der Waals surface area contributed by atoms with E-state index >= 15 is 0 Å². The predicted octanol–water partition coefficient (Wildman–Crippen LogP) is 7.93. The molecule has 0 aliphatic carbocycles. The van der Waals surface area contributed by atoms with Gasteiger partial charge in [-0.05, 0) is 85.0 Å². The van der Waals surface area contributed by atoms with Crippen molar-refractivity contribution >= 4 is 12.1 Å². The minimum atomic E-state index is -1.58. The minimum Gasteiger partial charge on any atom is -0.496 e. The highest BCUT2D eigenvalue weighted by molar-refractivity contribution is 5.91. The fraction of sp³-hybridized carbons (Fsp3) is 0.235. The standard InChI is InChI=1S/C34H30F3NO5/c1-18-6-9-26(27-14-21(8-11-30(27)41-4)25-10-7-22(13-19(25)2)33(39)42-5)24(12-18)17-38-20(3)32(43-34(38)40)23-15-28(35)31(37)29(36)16-23/h6-16,20,32H,17H2,1-5H3/t20-,32-/m0/s1. The molecule has 0 unspecified atom stereocenters. The summed E-state index contributed by atoms with van der Waals surface area (Å²) in [7, 11) is 2.92. The minimum absolute atomic E-state index is 0.0344. The third kappa shape index (κ3) is 5.67. The van der Waals surface area contributed by atoms with E-state index in [2.05, 4.69) is 0 Å². The van der Waals surface area contributed by atoms with Crippen LogP contribution in [0, 0.1) is 31.3 Å². The number of hydrogen-bond donors (Lipinski definition) is 0. The van der Waals surface area contributed by atoms with Gasteiger partial charge in [-0.15, -0.1) is 0 Å². The van der Waals surface area contributed by atoms with Gasteiger partial charge in [0.15, 0.2) is 17.5 Å². The number of esters is 1. The summed E-state index contributed by atoms with van der Waals surface area (Å²) in [5.41, 5.74) is 6.55. The van der Waals surface area contributed by atoms with Gasteiger partial charge in [0.05, 0.1) is 32.4 Å². The maximum Gasteiger partial charge on any atom is 0.411 e. The van der Waals surface area contributed by atoms with Crippen LogP contribution in [0.3, 0.4) is 0 Å². The summed E-state index contributed by atoms with van der Waals surface area (Å²) in [6, 6.07) is 18.1. The molecule has 6 nitrogen and oxygen atoms in total. The lowest BCUT2D eigenvalue weighted by molar-refractivity contribution is 0.0600. The molecule has 4 aromatic carbocycles. The Kier molecular flexibility index (Phi) is 8.17. The van der Waals surface area contributed by atoms with Crippen molar-refractivity contribution < 1.29 is 37.0 Å². The second-order valence-electron chi connectivity index (χ2n) is 10.6. The van der Waals surface area contributed by atoms with Crippen LogP contribution in [0.15, 0.2) is 66.7 Å². The highest BCUT2D eigenvalue weighted by atomic mass is 19.2. The van der Waals surface area contributed by atoms with Gasteiger partial charge in [0.25, 0.3) is 0 Å². The van der Waals surface area contributed by atoms with Crippen LogP contribution in [-0.2, 0) is 16.0 Å². The molecule has 0 aromatic heterocycles. The summed E-state index contributed by atoms with van der Waals surface area (Å²) < 4.78 is 57.6. The summed E-state index contributed by atoms with van der Waals surface area (Å²) in [6.07, 6.45) is -1.64. The van der Waals surface area contributed by atoms with Gasteiger partial charge in [0.1, 0.15) is 11.9 Å². The molecule has 0 saturated carbocycles. The number of carbonyl (C=O) groups is 2. The largest absolute Gasteiger partial charge is 0.496 e. The molecule has 2 atom stereocenters. The number of hydrogen-bond acceptors (Lipinski definition) is 5. The van der Waals surface area contributed by atoms with Gasteiger partial charge in [-0.1, -0.05) is 35.9 Å². The Balaban J connectivity index is 1.52. The van der Waals surface area contributed by atoms with Gasteiger partial charge in [0.2, 0.25) is 0 Å². The zero-order valence-corrected chi connectivity index (χ0v) is 24.3. The van der Waals surface area contributed by atoms with Crippen molar-refractivity contribution in [2.24, 2.45) is 0 Å². The van der Waals surface area contributed by atoms with Crippen LogP contribution >= 0.6 is 0 Å². The third-order valence-electron chi connectivity index (χ3n) is 7.78. The second-order valence-corrected chi connectivity index (χ2v) is 10.6. The van der Waals surface area contributed by atoms with Gasteiger partial charge >= 0.3 is 12.1 Å². The van der Waals surface area contributed by atoms with Crippen LogP contribution in [0.2, 0.25) is 0 Å². The van der Waals surface area contributed by atoms with Gasteiger partial charge in [-0.25, -0.2) is 22.8 Å². The van der Waals surface area contributed by atoms with E-state index in [9.17, 15) is 22.8 Å². The first kappa shape index (κ1) is 29.7. The van der Waals surface area contributed by atoms with Gasteiger partial charge in [-0.3, -0.25) is 4.90 Å². The van der Waals surface area contributed by atoms with E-state index in [1.54, 1.807) is 26.2 Å². The molecule has 0 N–H and O–H groups in total. The Labute approximate surface area is 247 Å². The summed E-state index contributed by atoms with van der Waals surface area (Å²) in [5, 5.41) is 0. The third-order valence-corrected chi connectivity index (χ3v) is 7.78. The molecular formula is C34H30F3NO5. The van der Waals surface area contributed by atoms with Crippen molar-refractivity contribution in [3.63, 3.8) is 0 Å². The Bertz CT molecular complexity index is 1710. The Hall–Kier alpha value is -4.79. The molecule has 1 aliphatic rings. The van der Waals surface area contributed by atoms with Crippen molar-refractivity contribution in [1.29, 1.82) is 0 Å². The van der Waals surface area contributed by atoms with Gasteiger partial charge in [0, 0.05) is 11.1 Å². The Morgan fingerprint density at radius 2 is 1.58 bits per heavy atom. The van der Waals surface area contributed by atoms with Gasteiger partial charge in [-0.2, -0.15) is 0 Å². The van der Waals surface area contributed by atoms with E-state index in [1.807, 2.05) is 56.3 Å². The topological polar surface area (TPSA) is 65.1 Å². The molecular weight excluding hydrogens is 559 g/mol. The van der Waals surface area contributed by atoms with Crippen LogP contribution in [0.5, 0.6) is 5.75 Å². The summed E-state index contributed by atoms with van der Waals surface area (Å²) in [6.45, 7) is 5.70. The molecule has 222 valence electrons. The molecule has 1 heterocycles. The van der Waals surface area contributed by atoms with E-state index < -0.39 is 41.7 Å². The quantitative estimate of drug-likeness (QED) is 0.162. The second kappa shape index (κ2) is 11.8. The Morgan fingerprint density at radius 3 is 2.23 bits per heavy atom. The molecule has 0 bridgehead atoms. The molecule has 1 fully saturated rings. The summed E-state index contributed by atoms with van der Waals surface area (Å²) in [4.78, 5) is 26.5. The number of cyclic esters (lactones) is 1. The number of aryl methyl sites for hydroxylation is 2. The number of ether oxygens (including phenoxy) is 3. The van der Waals surface area contributed by atoms with Crippen molar-refractivity contribution in [3.8, 4) is 28.0 Å². The highest BCUT2D eigenvalue weighted by Gasteiger charge is 2.40. The fourth-order valence-corrected chi connectivity index (χ4v) is 5.52. The van der Waals surface area contributed by atoms with Gasteiger partial charge < -0.3 is 14.2 Å². The summed E-state index contributed by atoms with van der Waals surface area (Å²) in [5.74, 6) is -4.07.